The van der Waals surface area contributed by atoms with Crippen molar-refractivity contribution in [3.63, 3.8) is 0 Å². The van der Waals surface area contributed by atoms with Crippen molar-refractivity contribution in [1.82, 2.24) is 14.9 Å². The van der Waals surface area contributed by atoms with E-state index in [4.69, 9.17) is 4.74 Å². The normalized spacial score (nSPS) is 17.2. The molecule has 1 aromatic carbocycles. The highest BCUT2D eigenvalue weighted by molar-refractivity contribution is 7.80. The summed E-state index contributed by atoms with van der Waals surface area (Å²) >= 11 is 4.45. The van der Waals surface area contributed by atoms with Crippen LogP contribution in [0, 0.1) is 0 Å². The number of aromatic nitrogens is 2. The van der Waals surface area contributed by atoms with Gasteiger partial charge in [-0.15, -0.1) is 12.6 Å². The van der Waals surface area contributed by atoms with Gasteiger partial charge in [-0.25, -0.2) is 4.98 Å². The molecule has 1 saturated heterocycles. The van der Waals surface area contributed by atoms with E-state index in [9.17, 15) is 4.79 Å². The molecule has 0 radical (unpaired) electrons. The molecule has 0 spiro atoms. The number of hydrogen-bond acceptors (Lipinski definition) is 6. The second-order valence-electron chi connectivity index (χ2n) is 6.05. The highest BCUT2D eigenvalue weighted by Gasteiger charge is 2.23. The van der Waals surface area contributed by atoms with Crippen molar-refractivity contribution in [2.45, 2.75) is 37.3 Å². The maximum absolute atomic E-state index is 11.5. The average molecular weight is 358 g/mol. The summed E-state index contributed by atoms with van der Waals surface area (Å²) in [6, 6.07) is 10.0. The topological polar surface area (TPSA) is 67.4 Å². The first kappa shape index (κ1) is 17.5. The van der Waals surface area contributed by atoms with E-state index in [1.165, 1.54) is 0 Å². The van der Waals surface area contributed by atoms with Crippen LogP contribution in [0.4, 0.5) is 5.82 Å². The zero-order valence-corrected chi connectivity index (χ0v) is 15.1. The number of carbonyl (C=O) groups is 1. The zero-order valence-electron chi connectivity index (χ0n) is 14.2. The fraction of sp³-hybridized carbons (Fsp3) is 0.389. The van der Waals surface area contributed by atoms with Crippen molar-refractivity contribution in [3.05, 3.63) is 42.1 Å². The van der Waals surface area contributed by atoms with Crippen LogP contribution in [-0.4, -0.2) is 40.0 Å². The van der Waals surface area contributed by atoms with Gasteiger partial charge in [-0.1, -0.05) is 18.2 Å². The number of thiol groups is 1. The summed E-state index contributed by atoms with van der Waals surface area (Å²) in [7, 11) is 0. The number of ether oxygens (including phenoxy) is 1. The van der Waals surface area contributed by atoms with Gasteiger partial charge < -0.3 is 15.0 Å². The van der Waals surface area contributed by atoms with E-state index in [2.05, 4.69) is 27.9 Å². The molecule has 25 heavy (non-hydrogen) atoms. The van der Waals surface area contributed by atoms with Crippen molar-refractivity contribution in [2.24, 2.45) is 0 Å². The molecule has 1 N–H and O–H groups in total. The molecule has 0 bridgehead atoms. The van der Waals surface area contributed by atoms with Crippen LogP contribution in [0.3, 0.4) is 0 Å². The number of benzene rings is 1. The number of nitrogens with zero attached hydrogens (tertiary/aromatic N) is 3. The first-order chi connectivity index (χ1) is 12.1. The Morgan fingerprint density at radius 2 is 2.24 bits per heavy atom. The van der Waals surface area contributed by atoms with Gasteiger partial charge in [0.05, 0.1) is 6.54 Å². The van der Waals surface area contributed by atoms with Crippen LogP contribution in [0.15, 0.2) is 41.4 Å². The number of rotatable bonds is 5. The summed E-state index contributed by atoms with van der Waals surface area (Å²) < 4.78 is 5.88. The minimum absolute atomic E-state index is 0.0638. The van der Waals surface area contributed by atoms with Gasteiger partial charge in [-0.05, 0) is 30.5 Å². The lowest BCUT2D eigenvalue weighted by molar-refractivity contribution is -0.131. The molecule has 7 heteroatoms. The Bertz CT molecular complexity index is 741. The van der Waals surface area contributed by atoms with Crippen molar-refractivity contribution < 1.29 is 9.53 Å². The molecule has 1 amide bonds. The van der Waals surface area contributed by atoms with Crippen molar-refractivity contribution in [1.29, 1.82) is 0 Å². The number of anilines is 1. The van der Waals surface area contributed by atoms with Crippen molar-refractivity contribution >= 4 is 24.4 Å². The summed E-state index contributed by atoms with van der Waals surface area (Å²) in [6.45, 7) is 3.59. The van der Waals surface area contributed by atoms with Gasteiger partial charge in [0, 0.05) is 31.1 Å². The molecule has 6 nitrogen and oxygen atoms in total. The smallest absolute Gasteiger partial charge is 0.318 e. The number of carbonyl (C=O) groups excluding carboxylic acids is 1. The highest BCUT2D eigenvalue weighted by Crippen LogP contribution is 2.18. The number of piperidine rings is 1. The second-order valence-corrected chi connectivity index (χ2v) is 6.54. The van der Waals surface area contributed by atoms with Gasteiger partial charge in [0.15, 0.2) is 0 Å². The molecule has 2 aromatic rings. The SMILES string of the molecule is CC(=O)N1CCCC(Oc2nccc(NCc3ccccc3S)n2)C1. The third-order valence-corrected chi connectivity index (χ3v) is 4.62. The second kappa shape index (κ2) is 8.20. The third-order valence-electron chi connectivity index (χ3n) is 4.18. The van der Waals surface area contributed by atoms with Crippen LogP contribution < -0.4 is 10.1 Å². The van der Waals surface area contributed by atoms with Gasteiger partial charge >= 0.3 is 6.01 Å². The summed E-state index contributed by atoms with van der Waals surface area (Å²) in [5.41, 5.74) is 1.09. The maximum atomic E-state index is 11.5. The first-order valence-corrected chi connectivity index (χ1v) is 8.82. The summed E-state index contributed by atoms with van der Waals surface area (Å²) in [4.78, 5) is 22.9. The molecular formula is C18H22N4O2S. The molecule has 0 aliphatic carbocycles. The molecule has 0 saturated carbocycles. The predicted octanol–water partition coefficient (Wildman–Crippen LogP) is 2.77. The molecule has 1 aliphatic heterocycles. The van der Waals surface area contributed by atoms with Crippen LogP contribution in [0.1, 0.15) is 25.3 Å². The Kier molecular flexibility index (Phi) is 5.75. The zero-order chi connectivity index (χ0) is 17.6. The lowest BCUT2D eigenvalue weighted by Crippen LogP contribution is -2.43. The van der Waals surface area contributed by atoms with Gasteiger partial charge in [-0.2, -0.15) is 4.98 Å². The van der Waals surface area contributed by atoms with E-state index >= 15 is 0 Å². The van der Waals surface area contributed by atoms with Crippen molar-refractivity contribution in [3.8, 4) is 6.01 Å². The van der Waals surface area contributed by atoms with Crippen LogP contribution >= 0.6 is 12.6 Å². The molecule has 1 aliphatic rings. The number of likely N-dealkylation sites (tertiary alicyclic amines) is 1. The monoisotopic (exact) mass is 358 g/mol. The van der Waals surface area contributed by atoms with E-state index in [0.29, 0.717) is 24.9 Å². The Morgan fingerprint density at radius 3 is 3.04 bits per heavy atom. The quantitative estimate of drug-likeness (QED) is 0.805. The van der Waals surface area contributed by atoms with E-state index in [1.54, 1.807) is 24.1 Å². The van der Waals surface area contributed by atoms with E-state index in [0.717, 1.165) is 29.8 Å². The molecular weight excluding hydrogens is 336 g/mol. The Morgan fingerprint density at radius 1 is 1.40 bits per heavy atom. The van der Waals surface area contributed by atoms with E-state index in [1.807, 2.05) is 24.3 Å². The third kappa shape index (κ3) is 4.85. The maximum Gasteiger partial charge on any atom is 0.318 e. The lowest BCUT2D eigenvalue weighted by atomic mass is 10.1. The predicted molar refractivity (Wildman–Crippen MR) is 99.0 cm³/mol. The van der Waals surface area contributed by atoms with Crippen LogP contribution in [0.2, 0.25) is 0 Å². The highest BCUT2D eigenvalue weighted by atomic mass is 32.1. The minimum atomic E-state index is -0.0638. The summed E-state index contributed by atoms with van der Waals surface area (Å²) in [5.74, 6) is 0.774. The Hall–Kier alpha value is -2.28. The Labute approximate surface area is 153 Å². The lowest BCUT2D eigenvalue weighted by Gasteiger charge is -2.31. The van der Waals surface area contributed by atoms with Crippen LogP contribution in [0.25, 0.3) is 0 Å². The minimum Gasteiger partial charge on any atom is -0.458 e. The van der Waals surface area contributed by atoms with Crippen LogP contribution in [0.5, 0.6) is 6.01 Å². The van der Waals surface area contributed by atoms with Gasteiger partial charge in [0.1, 0.15) is 11.9 Å². The molecule has 132 valence electrons. The summed E-state index contributed by atoms with van der Waals surface area (Å²) in [5, 5.41) is 3.26. The van der Waals surface area contributed by atoms with E-state index in [-0.39, 0.29) is 12.0 Å². The molecule has 1 fully saturated rings. The molecule has 3 rings (SSSR count). The summed E-state index contributed by atoms with van der Waals surface area (Å²) in [6.07, 6.45) is 3.44. The fourth-order valence-corrected chi connectivity index (χ4v) is 3.05. The molecule has 2 heterocycles. The average Bonchev–Trinajstić information content (AvgIpc) is 2.61. The van der Waals surface area contributed by atoms with E-state index < -0.39 is 0 Å². The van der Waals surface area contributed by atoms with Crippen LogP contribution in [-0.2, 0) is 11.3 Å². The number of nitrogens with one attached hydrogen (secondary N) is 1. The Balaban J connectivity index is 1.59. The van der Waals surface area contributed by atoms with Gasteiger partial charge in [-0.3, -0.25) is 4.79 Å². The molecule has 1 atom stereocenters. The standard InChI is InChI=1S/C18H22N4O2S/c1-13(23)22-10-4-6-15(12-22)24-18-19-9-8-17(21-18)20-11-14-5-2-3-7-16(14)25/h2-3,5,7-9,15,25H,4,6,10-12H2,1H3,(H,19,20,21). The number of amides is 1. The first-order valence-electron chi connectivity index (χ1n) is 8.38. The number of hydrogen-bond donors (Lipinski definition) is 2. The van der Waals surface area contributed by atoms with Gasteiger partial charge in [0.2, 0.25) is 5.91 Å². The largest absolute Gasteiger partial charge is 0.458 e. The van der Waals surface area contributed by atoms with Gasteiger partial charge in [0.25, 0.3) is 0 Å². The fourth-order valence-electron chi connectivity index (χ4n) is 2.81. The van der Waals surface area contributed by atoms with Crippen molar-refractivity contribution in [2.75, 3.05) is 18.4 Å². The molecule has 1 unspecified atom stereocenters. The molecule has 1 aromatic heterocycles.